The van der Waals surface area contributed by atoms with E-state index in [4.69, 9.17) is 25.2 Å². The Labute approximate surface area is 589 Å². The number of hydrogen-bond donors (Lipinski definition) is 0. The molecule has 2 aliphatic carbocycles. The summed E-state index contributed by atoms with van der Waals surface area (Å²) in [6, 6.07) is 95.7. The van der Waals surface area contributed by atoms with E-state index < -0.39 is 0 Å². The molecule has 0 spiro atoms. The number of ether oxygens (including phenoxy) is 1. The second-order valence-electron chi connectivity index (χ2n) is 25.6. The largest absolute Gasteiger partial charge is 0.497 e. The molecule has 13 aromatic carbocycles. The van der Waals surface area contributed by atoms with Crippen molar-refractivity contribution in [3.05, 3.63) is 363 Å². The third kappa shape index (κ3) is 13.2. The number of aromatic nitrogens is 3. The van der Waals surface area contributed by atoms with Crippen LogP contribution in [0.15, 0.2) is 322 Å². The van der Waals surface area contributed by atoms with Gasteiger partial charge in [0.25, 0.3) is 0 Å². The van der Waals surface area contributed by atoms with Crippen LogP contribution in [0, 0.1) is 27.7 Å². The van der Waals surface area contributed by atoms with Gasteiger partial charge < -0.3 is 13.6 Å². The van der Waals surface area contributed by atoms with Gasteiger partial charge in [-0.2, -0.15) is 4.57 Å². The number of nitrogens with zero attached hydrogens (tertiary/aromatic N) is 3. The van der Waals surface area contributed by atoms with Gasteiger partial charge in [0.05, 0.1) is 29.2 Å². The highest BCUT2D eigenvalue weighted by molar-refractivity contribution is 6.31. The van der Waals surface area contributed by atoms with Crippen LogP contribution in [0.25, 0.3) is 125 Å². The minimum Gasteiger partial charge on any atom is -0.497 e. The Bertz CT molecular complexity index is 6150. The number of ketones is 1. The summed E-state index contributed by atoms with van der Waals surface area (Å²) in [7, 11) is 3.78. The minimum atomic E-state index is -0.319. The summed E-state index contributed by atoms with van der Waals surface area (Å²) >= 11 is 5.96. The predicted octanol–water partition coefficient (Wildman–Crippen LogP) is 22.7. The fourth-order valence-corrected chi connectivity index (χ4v) is 14.2. The van der Waals surface area contributed by atoms with E-state index in [1.54, 1.807) is 19.3 Å². The lowest BCUT2D eigenvalue weighted by molar-refractivity contribution is -0.617. The Balaban J connectivity index is 0.0000000988. The molecule has 0 unspecified atom stereocenters. The molecule has 18 aromatic rings. The minimum absolute atomic E-state index is 0.0854. The number of benzene rings is 13. The number of allylic oxidation sites excluding steroid dienone is 5. The van der Waals surface area contributed by atoms with Gasteiger partial charge in [-0.15, -0.1) is 0 Å². The van der Waals surface area contributed by atoms with E-state index in [1.807, 2.05) is 112 Å². The van der Waals surface area contributed by atoms with Gasteiger partial charge in [0, 0.05) is 71.9 Å². The monoisotopic (exact) mass is 1330 g/mol. The van der Waals surface area contributed by atoms with Gasteiger partial charge >= 0.3 is 5.63 Å². The highest BCUT2D eigenvalue weighted by atomic mass is 35.5. The van der Waals surface area contributed by atoms with Crippen molar-refractivity contribution in [3.63, 3.8) is 0 Å². The van der Waals surface area contributed by atoms with Crippen molar-refractivity contribution in [2.24, 2.45) is 7.05 Å². The number of para-hydroxylation sites is 4. The number of methoxy groups -OCH3 is 1. The van der Waals surface area contributed by atoms with Crippen LogP contribution >= 0.6 is 11.6 Å². The van der Waals surface area contributed by atoms with Crippen LogP contribution in [0.2, 0.25) is 5.02 Å². The van der Waals surface area contributed by atoms with Crippen LogP contribution in [0.4, 0.5) is 0 Å². The molecule has 0 atom stereocenters. The van der Waals surface area contributed by atoms with Crippen molar-refractivity contribution in [2.45, 2.75) is 34.1 Å². The van der Waals surface area contributed by atoms with Gasteiger partial charge in [0.15, 0.2) is 5.78 Å². The molecule has 0 fully saturated rings. The molecule has 5 aromatic heterocycles. The molecule has 0 bridgehead atoms. The molecule has 0 amide bonds. The molecule has 20 rings (SSSR count). The van der Waals surface area contributed by atoms with E-state index in [0.717, 1.165) is 83.8 Å². The normalized spacial score (nSPS) is 12.3. The number of halogens is 1. The van der Waals surface area contributed by atoms with Crippen molar-refractivity contribution in [3.8, 4) is 5.75 Å². The molecule has 0 N–H and O–H groups in total. The number of carbonyl (C=O) groups excluding carboxylic acids is 1. The van der Waals surface area contributed by atoms with Crippen molar-refractivity contribution < 1.29 is 22.9 Å². The molecular formula is C92H69ClN3O5+. The smallest absolute Gasteiger partial charge is 0.336 e. The van der Waals surface area contributed by atoms with Crippen molar-refractivity contribution in [1.82, 2.24) is 9.97 Å². The average molecular weight is 1330 g/mol. The summed E-state index contributed by atoms with van der Waals surface area (Å²) in [5, 5.41) is 18.0. The first-order chi connectivity index (χ1) is 49.3. The summed E-state index contributed by atoms with van der Waals surface area (Å²) in [6.07, 6.45) is 6.26. The molecule has 488 valence electrons. The first-order valence-electron chi connectivity index (χ1n) is 33.7. The zero-order valence-corrected chi connectivity index (χ0v) is 57.5. The van der Waals surface area contributed by atoms with Gasteiger partial charge in [0.1, 0.15) is 29.7 Å². The summed E-state index contributed by atoms with van der Waals surface area (Å²) < 4.78 is 18.3. The number of furan rings is 1. The highest BCUT2D eigenvalue weighted by Crippen LogP contribution is 2.42. The molecule has 0 radical (unpaired) electrons. The van der Waals surface area contributed by atoms with Crippen molar-refractivity contribution in [2.75, 3.05) is 7.11 Å². The Hall–Kier alpha value is -12.4. The average Bonchev–Trinajstić information content (AvgIpc) is 1.75. The third-order valence-corrected chi connectivity index (χ3v) is 19.2. The van der Waals surface area contributed by atoms with Gasteiger partial charge in [-0.3, -0.25) is 4.79 Å². The summed E-state index contributed by atoms with van der Waals surface area (Å²) in [5.74, 6) is 1.79. The Kier molecular flexibility index (Phi) is 17.8. The molecule has 5 heterocycles. The van der Waals surface area contributed by atoms with Gasteiger partial charge in [-0.25, -0.2) is 14.8 Å². The Morgan fingerprint density at radius 3 is 1.59 bits per heavy atom. The first-order valence-corrected chi connectivity index (χ1v) is 34.1. The molecule has 0 saturated carbocycles. The molecule has 0 saturated heterocycles. The van der Waals surface area contributed by atoms with E-state index >= 15 is 0 Å². The van der Waals surface area contributed by atoms with Crippen molar-refractivity contribution in [1.29, 1.82) is 0 Å². The SMILES string of the molecule is COc1ccc2nc3cc(Cl)ccc3cc2c1.C[n+]1c2ccccc2cc2ccccc21.Cc1cc2cc3c(C)cc(=O)oc3c(C)c2o1.Cc1ccccc1C1=C2C=CC(=O)C=C2Cc2ccccc21.c1cc2ccc3cccc4ccc(c1)c2c34.c1ccc2nc3ccccc3cc2c1. The number of carbonyl (C=O) groups is 1. The number of rotatable bonds is 2. The summed E-state index contributed by atoms with van der Waals surface area (Å²) in [6.45, 7) is 7.88. The third-order valence-electron chi connectivity index (χ3n) is 19.0. The topological polar surface area (TPSA) is 99.3 Å². The molecule has 9 heteroatoms. The molecule has 0 aliphatic heterocycles. The second-order valence-corrected chi connectivity index (χ2v) is 26.0. The van der Waals surface area contributed by atoms with Gasteiger partial charge in [-0.05, 0) is 208 Å². The maximum atomic E-state index is 11.8. The van der Waals surface area contributed by atoms with E-state index in [2.05, 4.69) is 217 Å². The molecule has 101 heavy (non-hydrogen) atoms. The van der Waals surface area contributed by atoms with Gasteiger partial charge in [0.2, 0.25) is 11.0 Å². The first kappa shape index (κ1) is 64.6. The highest BCUT2D eigenvalue weighted by Gasteiger charge is 2.25. The molecular weight excluding hydrogens is 1260 g/mol. The number of hydrogen-bond acceptors (Lipinski definition) is 7. The summed E-state index contributed by atoms with van der Waals surface area (Å²) in [5.41, 5.74) is 18.1. The van der Waals surface area contributed by atoms with E-state index in [0.29, 0.717) is 10.6 Å². The van der Waals surface area contributed by atoms with E-state index in [9.17, 15) is 9.59 Å². The predicted molar refractivity (Wildman–Crippen MR) is 419 cm³/mol. The number of fused-ring (bicyclic) bond motifs is 10. The standard InChI is InChI=1S/C21H16O.C16H10.C14H10ClNO.C14H12N.C14H12O3.C13H9N/c1-14-6-2-4-8-18(14)21-19-9-5-3-7-15(19)12-16-13-17(22)10-11-20(16)21;1-3-11-7-9-13-5-2-6-14-10-8-12(4-1)15(11)16(13)14;1-17-12-4-5-13-10(7-12)6-9-2-3-11(15)8-14(9)16-13;1-15-13-8-4-2-6-11(13)10-12-7-3-5-9-14(12)15;1-7-4-12(15)17-14-9(3)13-10(6-11(7)14)5-8(2)16-13;1-3-7-12-10(5-1)9-11-6-2-4-8-13(11)14-12/h2-11,13H,12H2,1H3;1-10H;2-8H,1H3;2-10H,1H3;4-6H,1-3H3;1-9H/q;;;+1;;. The maximum Gasteiger partial charge on any atom is 0.336 e. The van der Waals surface area contributed by atoms with Crippen LogP contribution in [0.5, 0.6) is 5.75 Å². The van der Waals surface area contributed by atoms with E-state index in [-0.39, 0.29) is 11.4 Å². The second kappa shape index (κ2) is 27.9. The Morgan fingerprint density at radius 2 is 0.950 bits per heavy atom. The Morgan fingerprint density at radius 1 is 0.426 bits per heavy atom. The van der Waals surface area contributed by atoms with Crippen LogP contribution in [0.3, 0.4) is 0 Å². The fourth-order valence-electron chi connectivity index (χ4n) is 14.1. The molecule has 8 nitrogen and oxygen atoms in total. The number of pyridine rings is 3. The van der Waals surface area contributed by atoms with Crippen LogP contribution in [-0.4, -0.2) is 22.9 Å². The van der Waals surface area contributed by atoms with Crippen LogP contribution < -0.4 is 14.9 Å². The zero-order chi connectivity index (χ0) is 69.3. The lowest BCUT2D eigenvalue weighted by Crippen LogP contribution is -2.29. The van der Waals surface area contributed by atoms with Crippen LogP contribution in [0.1, 0.15) is 39.1 Å². The summed E-state index contributed by atoms with van der Waals surface area (Å²) in [4.78, 5) is 32.3. The number of aryl methyl sites for hydroxylation is 5. The van der Waals surface area contributed by atoms with E-state index in [1.165, 1.54) is 104 Å². The quantitative estimate of drug-likeness (QED) is 0.0736. The lowest BCUT2D eigenvalue weighted by Gasteiger charge is -2.27. The molecule has 2 aliphatic rings. The zero-order valence-electron chi connectivity index (χ0n) is 56.8. The van der Waals surface area contributed by atoms with Gasteiger partial charge in [-0.1, -0.05) is 194 Å². The van der Waals surface area contributed by atoms with Crippen LogP contribution in [-0.2, 0) is 18.3 Å². The van der Waals surface area contributed by atoms with Crippen molar-refractivity contribution >= 4 is 143 Å². The fraction of sp³-hybridized carbons (Fsp3) is 0.0761. The lowest BCUT2D eigenvalue weighted by atomic mass is 9.77. The maximum absolute atomic E-state index is 11.8.